The summed E-state index contributed by atoms with van der Waals surface area (Å²) in [4.78, 5) is 17.6. The number of para-hydroxylation sites is 1. The fourth-order valence-electron chi connectivity index (χ4n) is 3.32. The molecule has 21 heavy (non-hydrogen) atoms. The molecule has 0 aliphatic carbocycles. The van der Waals surface area contributed by atoms with Crippen molar-refractivity contribution in [3.63, 3.8) is 0 Å². The van der Waals surface area contributed by atoms with Crippen LogP contribution in [0.15, 0.2) is 30.5 Å². The molecule has 2 aromatic rings. The smallest absolute Gasteiger partial charge is 0.222 e. The van der Waals surface area contributed by atoms with Crippen molar-refractivity contribution in [1.82, 2.24) is 9.88 Å². The number of aryl methyl sites for hydroxylation is 1. The molecule has 1 N–H and O–H groups in total. The van der Waals surface area contributed by atoms with Gasteiger partial charge < -0.3 is 9.88 Å². The third kappa shape index (κ3) is 3.12. The molecule has 3 heteroatoms. The van der Waals surface area contributed by atoms with Crippen LogP contribution in [0.2, 0.25) is 0 Å². The van der Waals surface area contributed by atoms with Crippen LogP contribution in [0.1, 0.15) is 38.2 Å². The van der Waals surface area contributed by atoms with Gasteiger partial charge >= 0.3 is 0 Å². The van der Waals surface area contributed by atoms with Crippen molar-refractivity contribution in [2.45, 2.75) is 39.0 Å². The Hall–Kier alpha value is -1.77. The lowest BCUT2D eigenvalue weighted by molar-refractivity contribution is -0.130. The number of carbonyl (C=O) groups is 1. The van der Waals surface area contributed by atoms with Crippen LogP contribution in [0.3, 0.4) is 0 Å². The summed E-state index contributed by atoms with van der Waals surface area (Å²) in [5.41, 5.74) is 2.51. The van der Waals surface area contributed by atoms with Crippen molar-refractivity contribution < 1.29 is 4.79 Å². The summed E-state index contributed by atoms with van der Waals surface area (Å²) in [6.45, 7) is 4.16. The van der Waals surface area contributed by atoms with Crippen LogP contribution < -0.4 is 0 Å². The van der Waals surface area contributed by atoms with Gasteiger partial charge in [-0.15, -0.1) is 0 Å². The average molecular weight is 284 g/mol. The maximum atomic E-state index is 12.2. The highest BCUT2D eigenvalue weighted by molar-refractivity contribution is 5.83. The zero-order chi connectivity index (χ0) is 14.7. The summed E-state index contributed by atoms with van der Waals surface area (Å²) in [5.74, 6) is 1.06. The third-order valence-electron chi connectivity index (χ3n) is 4.73. The summed E-state index contributed by atoms with van der Waals surface area (Å²) >= 11 is 0. The Morgan fingerprint density at radius 1 is 1.38 bits per heavy atom. The Bertz CT molecular complexity index is 616. The number of rotatable bonds is 5. The molecule has 112 valence electrons. The lowest BCUT2D eigenvalue weighted by atomic mass is 10.1. The van der Waals surface area contributed by atoms with E-state index in [1.54, 1.807) is 0 Å². The molecule has 1 aromatic carbocycles. The topological polar surface area (TPSA) is 36.1 Å². The average Bonchev–Trinajstić information content (AvgIpc) is 3.14. The second-order valence-electron chi connectivity index (χ2n) is 6.12. The fraction of sp³-hybridized carbons (Fsp3) is 0.500. The third-order valence-corrected chi connectivity index (χ3v) is 4.73. The van der Waals surface area contributed by atoms with E-state index >= 15 is 0 Å². The number of nitrogens with one attached hydrogen (secondary N) is 1. The summed E-state index contributed by atoms with van der Waals surface area (Å²) in [6.07, 6.45) is 7.05. The molecule has 0 spiro atoms. The highest BCUT2D eigenvalue weighted by Gasteiger charge is 2.24. The minimum atomic E-state index is 0.339. The lowest BCUT2D eigenvalue weighted by Crippen LogP contribution is -2.28. The first-order chi connectivity index (χ1) is 10.3. The zero-order valence-corrected chi connectivity index (χ0v) is 12.8. The summed E-state index contributed by atoms with van der Waals surface area (Å²) in [6, 6.07) is 8.36. The SMILES string of the molecule is CCC1CCN(C(=O)CCCc2c[nH]c3ccccc23)C1. The molecule has 1 aliphatic rings. The Morgan fingerprint density at radius 3 is 3.05 bits per heavy atom. The predicted octanol–water partition coefficient (Wildman–Crippen LogP) is 3.75. The minimum Gasteiger partial charge on any atom is -0.361 e. The van der Waals surface area contributed by atoms with Gasteiger partial charge in [-0.25, -0.2) is 0 Å². The Labute approximate surface area is 126 Å². The first-order valence-electron chi connectivity index (χ1n) is 8.10. The molecule has 1 fully saturated rings. The molecular weight excluding hydrogens is 260 g/mol. The monoisotopic (exact) mass is 284 g/mol. The Morgan fingerprint density at radius 2 is 2.24 bits per heavy atom. The van der Waals surface area contributed by atoms with Crippen molar-refractivity contribution in [1.29, 1.82) is 0 Å². The number of likely N-dealkylation sites (tertiary alicyclic amines) is 1. The Balaban J connectivity index is 1.51. The van der Waals surface area contributed by atoms with Crippen LogP contribution >= 0.6 is 0 Å². The van der Waals surface area contributed by atoms with E-state index in [0.717, 1.165) is 31.8 Å². The second-order valence-corrected chi connectivity index (χ2v) is 6.12. The zero-order valence-electron chi connectivity index (χ0n) is 12.8. The van der Waals surface area contributed by atoms with E-state index in [-0.39, 0.29) is 0 Å². The van der Waals surface area contributed by atoms with E-state index in [9.17, 15) is 4.79 Å². The standard InChI is InChI=1S/C18H24N2O/c1-2-14-10-11-20(13-14)18(21)9-5-6-15-12-19-17-8-4-3-7-16(15)17/h3-4,7-8,12,14,19H,2,5-6,9-11,13H2,1H3. The maximum Gasteiger partial charge on any atom is 0.222 e. The molecule has 1 saturated heterocycles. The largest absolute Gasteiger partial charge is 0.361 e. The van der Waals surface area contributed by atoms with Crippen molar-refractivity contribution in [2.75, 3.05) is 13.1 Å². The van der Waals surface area contributed by atoms with Crippen molar-refractivity contribution in [2.24, 2.45) is 5.92 Å². The van der Waals surface area contributed by atoms with E-state index in [4.69, 9.17) is 0 Å². The lowest BCUT2D eigenvalue weighted by Gasteiger charge is -2.16. The fourth-order valence-corrected chi connectivity index (χ4v) is 3.32. The van der Waals surface area contributed by atoms with Crippen LogP contribution in [-0.4, -0.2) is 28.9 Å². The number of aromatic nitrogens is 1. The van der Waals surface area contributed by atoms with E-state index in [1.165, 1.54) is 29.3 Å². The van der Waals surface area contributed by atoms with Gasteiger partial charge in [0.05, 0.1) is 0 Å². The van der Waals surface area contributed by atoms with Crippen LogP contribution in [-0.2, 0) is 11.2 Å². The van der Waals surface area contributed by atoms with E-state index in [2.05, 4.69) is 41.2 Å². The van der Waals surface area contributed by atoms with Gasteiger partial charge in [-0.2, -0.15) is 0 Å². The number of nitrogens with zero attached hydrogens (tertiary/aromatic N) is 1. The normalized spacial score (nSPS) is 18.5. The minimum absolute atomic E-state index is 0.339. The second kappa shape index (κ2) is 6.33. The molecule has 2 heterocycles. The molecule has 0 bridgehead atoms. The van der Waals surface area contributed by atoms with Gasteiger partial charge in [0.25, 0.3) is 0 Å². The van der Waals surface area contributed by atoms with Crippen molar-refractivity contribution in [3.8, 4) is 0 Å². The van der Waals surface area contributed by atoms with E-state index in [0.29, 0.717) is 12.3 Å². The number of aromatic amines is 1. The quantitative estimate of drug-likeness (QED) is 0.892. The predicted molar refractivity (Wildman–Crippen MR) is 86.2 cm³/mol. The molecule has 1 atom stereocenters. The number of hydrogen-bond donors (Lipinski definition) is 1. The molecule has 3 nitrogen and oxygen atoms in total. The van der Waals surface area contributed by atoms with Crippen LogP contribution in [0.5, 0.6) is 0 Å². The first kappa shape index (κ1) is 14.2. The molecule has 1 amide bonds. The molecule has 0 saturated carbocycles. The van der Waals surface area contributed by atoms with Crippen LogP contribution in [0, 0.1) is 5.92 Å². The summed E-state index contributed by atoms with van der Waals surface area (Å²) in [5, 5.41) is 1.29. The Kier molecular flexibility index (Phi) is 4.28. The van der Waals surface area contributed by atoms with Crippen LogP contribution in [0.4, 0.5) is 0 Å². The molecule has 1 aromatic heterocycles. The van der Waals surface area contributed by atoms with Gasteiger partial charge in [0.15, 0.2) is 0 Å². The number of H-pyrrole nitrogens is 1. The highest BCUT2D eigenvalue weighted by atomic mass is 16.2. The van der Waals surface area contributed by atoms with E-state index in [1.807, 2.05) is 6.07 Å². The van der Waals surface area contributed by atoms with Gasteiger partial charge in [-0.3, -0.25) is 4.79 Å². The molecule has 1 aliphatic heterocycles. The van der Waals surface area contributed by atoms with Crippen molar-refractivity contribution >= 4 is 16.8 Å². The van der Waals surface area contributed by atoms with Crippen molar-refractivity contribution in [3.05, 3.63) is 36.0 Å². The molecule has 1 unspecified atom stereocenters. The number of hydrogen-bond acceptors (Lipinski definition) is 1. The maximum absolute atomic E-state index is 12.2. The molecule has 3 rings (SSSR count). The van der Waals surface area contributed by atoms with Gasteiger partial charge in [0.1, 0.15) is 0 Å². The van der Waals surface area contributed by atoms with Gasteiger partial charge in [-0.05, 0) is 36.8 Å². The number of amides is 1. The number of benzene rings is 1. The number of carbonyl (C=O) groups excluding carboxylic acids is 1. The highest BCUT2D eigenvalue weighted by Crippen LogP contribution is 2.22. The summed E-state index contributed by atoms with van der Waals surface area (Å²) < 4.78 is 0. The summed E-state index contributed by atoms with van der Waals surface area (Å²) in [7, 11) is 0. The van der Waals surface area contributed by atoms with Gasteiger partial charge in [0.2, 0.25) is 5.91 Å². The van der Waals surface area contributed by atoms with Gasteiger partial charge in [-0.1, -0.05) is 31.5 Å². The van der Waals surface area contributed by atoms with Gasteiger partial charge in [0, 0.05) is 36.6 Å². The molecule has 0 radical (unpaired) electrons. The first-order valence-corrected chi connectivity index (χ1v) is 8.10. The van der Waals surface area contributed by atoms with E-state index < -0.39 is 0 Å². The van der Waals surface area contributed by atoms with Crippen LogP contribution in [0.25, 0.3) is 10.9 Å². The molecular formula is C18H24N2O. The number of fused-ring (bicyclic) bond motifs is 1.